The summed E-state index contributed by atoms with van der Waals surface area (Å²) in [5, 5.41) is 9.51. The van der Waals surface area contributed by atoms with Gasteiger partial charge in [0.25, 0.3) is 0 Å². The number of unbranched alkanes of at least 4 members (excludes halogenated alkanes) is 3. The number of guanidine groups is 1. The Kier molecular flexibility index (Phi) is 16.4. The number of ether oxygens (including phenoxy) is 2. The normalized spacial score (nSPS) is 19.5. The Balaban J connectivity index is 1.40. The number of hydrogen-bond acceptors (Lipinski definition) is 12. The third kappa shape index (κ3) is 13.3. The number of nitrogens with one attached hydrogen (secondary N) is 1. The molecular formula is C40H69N7O10S. The summed E-state index contributed by atoms with van der Waals surface area (Å²) in [6, 6.07) is 0.364. The molecule has 330 valence electrons. The summed E-state index contributed by atoms with van der Waals surface area (Å²) < 4.78 is 55.2. The van der Waals surface area contributed by atoms with Crippen molar-refractivity contribution in [3.63, 3.8) is 0 Å². The smallest absolute Gasteiger partial charge is 0.437 e. The molecule has 1 N–H and O–H groups in total. The van der Waals surface area contributed by atoms with Crippen molar-refractivity contribution >= 4 is 34.6 Å². The van der Waals surface area contributed by atoms with E-state index in [0.29, 0.717) is 50.4 Å². The van der Waals surface area contributed by atoms with Crippen LogP contribution in [-0.4, -0.2) is 107 Å². The van der Waals surface area contributed by atoms with Crippen LogP contribution in [0.1, 0.15) is 164 Å². The summed E-state index contributed by atoms with van der Waals surface area (Å²) in [7, 11) is -4.64. The third-order valence-corrected chi connectivity index (χ3v) is 11.2. The second kappa shape index (κ2) is 20.2. The zero-order valence-corrected chi connectivity index (χ0v) is 37.3. The second-order valence-electron chi connectivity index (χ2n) is 17.9. The minimum absolute atomic E-state index is 0.0310. The van der Waals surface area contributed by atoms with Gasteiger partial charge in [-0.15, -0.1) is 9.28 Å². The van der Waals surface area contributed by atoms with E-state index in [2.05, 4.69) is 43.2 Å². The lowest BCUT2D eigenvalue weighted by Gasteiger charge is -2.43. The lowest BCUT2D eigenvalue weighted by molar-refractivity contribution is -0.172. The van der Waals surface area contributed by atoms with Crippen LogP contribution >= 0.6 is 0 Å². The maximum Gasteiger partial charge on any atom is 0.437 e. The first-order valence-corrected chi connectivity index (χ1v) is 22.6. The number of carbonyl (C=O) groups excluding carboxylic acids is 3. The summed E-state index contributed by atoms with van der Waals surface area (Å²) in [6.45, 7) is 20.5. The van der Waals surface area contributed by atoms with Crippen LogP contribution in [0.4, 0.5) is 14.4 Å². The molecule has 0 spiro atoms. The van der Waals surface area contributed by atoms with Crippen molar-refractivity contribution in [1.82, 2.24) is 30.4 Å². The molecule has 2 atom stereocenters. The van der Waals surface area contributed by atoms with Gasteiger partial charge in [0, 0.05) is 50.1 Å². The number of alkyl carbamates (subject to hydrolysis) is 1. The standard InChI is InChI=1S/C40H69N7O10S/c1-11-15-21-40(20-14-4,22-16-12-2)46(23-17-13-3)56-58(51,52)57-47-30-18-19-33(45(28-30)37(47)50)32-25-31(55-43-32)24-29-26-44(27-29)34(41-35(48)53-38(5,6)7)42-36(49)54-39(8,9)10/h25,29-30,33H,11-24,26-28H2,1-10H3,(H,41,42,48,49)/t30-,33-/m0/s1. The fraction of sp³-hybridized carbons (Fsp3) is 0.825. The molecule has 3 saturated heterocycles. The van der Waals surface area contributed by atoms with Crippen LogP contribution in [0.5, 0.6) is 0 Å². The number of rotatable bonds is 19. The number of fused-ring (bicyclic) bond motifs is 2. The minimum Gasteiger partial charge on any atom is -0.444 e. The SMILES string of the molecule is CCCCN(OS(=O)(=O)ON1C(=O)N2C[C@@H]1CC[C@H]2c1cc(CC2CN(/C(=N/C(=O)OC(C)(C)C)NC(=O)OC(C)(C)C)C2)on1)C(CCC)(CCCC)CCCC. The van der Waals surface area contributed by atoms with Crippen LogP contribution < -0.4 is 5.32 Å². The topological polar surface area (TPSA) is 186 Å². The van der Waals surface area contributed by atoms with Crippen LogP contribution in [0.15, 0.2) is 15.6 Å². The van der Waals surface area contributed by atoms with E-state index < -0.39 is 57.4 Å². The van der Waals surface area contributed by atoms with Crippen molar-refractivity contribution in [2.45, 2.75) is 182 Å². The quantitative estimate of drug-likeness (QED) is 0.0803. The largest absolute Gasteiger partial charge is 0.444 e. The molecule has 17 nitrogen and oxygen atoms in total. The number of aromatic nitrogens is 1. The fourth-order valence-corrected chi connectivity index (χ4v) is 8.69. The molecule has 3 aliphatic rings. The van der Waals surface area contributed by atoms with Gasteiger partial charge in [0.1, 0.15) is 22.7 Å². The van der Waals surface area contributed by atoms with Crippen molar-refractivity contribution in [3.05, 3.63) is 17.5 Å². The molecule has 1 aromatic rings. The summed E-state index contributed by atoms with van der Waals surface area (Å²) in [5.74, 6) is 0.723. The molecule has 3 fully saturated rings. The number of hydrogen-bond donors (Lipinski definition) is 1. The molecule has 4 heterocycles. The Hall–Kier alpha value is -3.48. The van der Waals surface area contributed by atoms with E-state index in [4.69, 9.17) is 22.6 Å². The first-order valence-electron chi connectivity index (χ1n) is 21.3. The summed E-state index contributed by atoms with van der Waals surface area (Å²) in [5.41, 5.74) is -1.41. The van der Waals surface area contributed by atoms with Gasteiger partial charge in [0.2, 0.25) is 5.96 Å². The van der Waals surface area contributed by atoms with Crippen molar-refractivity contribution in [2.75, 3.05) is 26.2 Å². The number of amides is 4. The average molecular weight is 840 g/mol. The Morgan fingerprint density at radius 1 is 0.914 bits per heavy atom. The van der Waals surface area contributed by atoms with Crippen LogP contribution in [0.25, 0.3) is 0 Å². The number of carbonyl (C=O) groups is 3. The lowest BCUT2D eigenvalue weighted by Crippen LogP contribution is -2.56. The van der Waals surface area contributed by atoms with Crippen LogP contribution in [-0.2, 0) is 34.9 Å². The fourth-order valence-electron chi connectivity index (χ4n) is 7.82. The van der Waals surface area contributed by atoms with E-state index >= 15 is 0 Å². The highest BCUT2D eigenvalue weighted by molar-refractivity contribution is 7.81. The monoisotopic (exact) mass is 839 g/mol. The first kappa shape index (κ1) is 47.2. The van der Waals surface area contributed by atoms with Gasteiger partial charge < -0.3 is 23.8 Å². The van der Waals surface area contributed by atoms with E-state index in [1.54, 1.807) is 56.4 Å². The van der Waals surface area contributed by atoms with Gasteiger partial charge in [-0.1, -0.05) is 71.4 Å². The highest BCUT2D eigenvalue weighted by atomic mass is 32.3. The van der Waals surface area contributed by atoms with Gasteiger partial charge in [0.05, 0.1) is 12.1 Å². The molecule has 0 saturated carbocycles. The second-order valence-corrected chi connectivity index (χ2v) is 19.1. The predicted octanol–water partition coefficient (Wildman–Crippen LogP) is 8.04. The molecule has 0 unspecified atom stereocenters. The minimum atomic E-state index is -4.64. The molecule has 0 aliphatic carbocycles. The maximum absolute atomic E-state index is 13.8. The van der Waals surface area contributed by atoms with Crippen LogP contribution in [0.3, 0.4) is 0 Å². The van der Waals surface area contributed by atoms with Crippen LogP contribution in [0, 0.1) is 5.92 Å². The van der Waals surface area contributed by atoms with E-state index in [0.717, 1.165) is 69.3 Å². The number of urea groups is 1. The first-order chi connectivity index (χ1) is 27.2. The predicted molar refractivity (Wildman–Crippen MR) is 217 cm³/mol. The number of piperidine rings is 1. The van der Waals surface area contributed by atoms with E-state index in [1.807, 2.05) is 6.07 Å². The number of aliphatic imine (C=N–C) groups is 1. The lowest BCUT2D eigenvalue weighted by atomic mass is 9.82. The Morgan fingerprint density at radius 2 is 1.55 bits per heavy atom. The molecule has 4 amide bonds. The molecular weight excluding hydrogens is 771 g/mol. The molecule has 3 aliphatic heterocycles. The van der Waals surface area contributed by atoms with E-state index in [9.17, 15) is 22.8 Å². The Labute approximate surface area is 345 Å². The van der Waals surface area contributed by atoms with Gasteiger partial charge >= 0.3 is 28.6 Å². The zero-order chi connectivity index (χ0) is 42.9. The Morgan fingerprint density at radius 3 is 2.14 bits per heavy atom. The number of likely N-dealkylation sites (tertiary alicyclic amines) is 1. The van der Waals surface area contributed by atoms with Gasteiger partial charge in [-0.05, 0) is 80.1 Å². The zero-order valence-electron chi connectivity index (χ0n) is 36.5. The molecule has 1 aromatic heterocycles. The summed E-state index contributed by atoms with van der Waals surface area (Å²) >= 11 is 0. The molecule has 2 bridgehead atoms. The van der Waals surface area contributed by atoms with Gasteiger partial charge in [-0.25, -0.2) is 14.4 Å². The average Bonchev–Trinajstić information content (AvgIpc) is 3.66. The summed E-state index contributed by atoms with van der Waals surface area (Å²) in [6.07, 6.45) is 8.74. The van der Waals surface area contributed by atoms with Crippen molar-refractivity contribution in [3.8, 4) is 0 Å². The Bertz CT molecular complexity index is 1660. The molecule has 4 rings (SSSR count). The highest BCUT2D eigenvalue weighted by Crippen LogP contribution is 2.40. The van der Waals surface area contributed by atoms with Crippen molar-refractivity contribution < 1.29 is 45.4 Å². The van der Waals surface area contributed by atoms with E-state index in [-0.39, 0.29) is 18.4 Å². The van der Waals surface area contributed by atoms with Gasteiger partial charge in [0.15, 0.2) is 0 Å². The van der Waals surface area contributed by atoms with Crippen molar-refractivity contribution in [1.29, 1.82) is 0 Å². The maximum atomic E-state index is 13.8. The van der Waals surface area contributed by atoms with Gasteiger partial charge in [-0.2, -0.15) is 22.8 Å². The number of hydroxylamine groups is 4. The van der Waals surface area contributed by atoms with Crippen LogP contribution in [0.2, 0.25) is 0 Å². The van der Waals surface area contributed by atoms with E-state index in [1.165, 1.54) is 0 Å². The van der Waals surface area contributed by atoms with Gasteiger partial charge in [-0.3, -0.25) is 5.32 Å². The third-order valence-electron chi connectivity index (χ3n) is 10.5. The number of nitrogens with zero attached hydrogens (tertiary/aromatic N) is 6. The molecule has 58 heavy (non-hydrogen) atoms. The molecule has 0 radical (unpaired) electrons. The molecule has 18 heteroatoms. The highest BCUT2D eigenvalue weighted by Gasteiger charge is 2.50. The molecule has 0 aromatic carbocycles. The summed E-state index contributed by atoms with van der Waals surface area (Å²) in [4.78, 5) is 46.2. The van der Waals surface area contributed by atoms with Crippen molar-refractivity contribution in [2.24, 2.45) is 10.9 Å².